The highest BCUT2D eigenvalue weighted by molar-refractivity contribution is 6.29. The summed E-state index contributed by atoms with van der Waals surface area (Å²) in [6.45, 7) is 2.13. The lowest BCUT2D eigenvalue weighted by atomic mass is 10.1. The Kier molecular flexibility index (Phi) is 2.59. The maximum Gasteiger partial charge on any atom is 0.142 e. The molecule has 1 N–H and O–H groups in total. The summed E-state index contributed by atoms with van der Waals surface area (Å²) in [7, 11) is 1.90. The molecule has 0 radical (unpaired) electrons. The molecule has 0 aliphatic heterocycles. The highest BCUT2D eigenvalue weighted by Gasteiger charge is 2.10. The fraction of sp³-hybridized carbons (Fsp3) is 0.231. The maximum atomic E-state index is 6.01. The summed E-state index contributed by atoms with van der Waals surface area (Å²) in [6, 6.07) is 2.11. The molecule has 3 rings (SSSR count). The number of rotatable bonds is 2. The van der Waals surface area contributed by atoms with Crippen molar-refractivity contribution in [3.8, 4) is 11.4 Å². The summed E-state index contributed by atoms with van der Waals surface area (Å²) in [5.74, 6) is 0.831. The van der Waals surface area contributed by atoms with Gasteiger partial charge in [-0.1, -0.05) is 18.5 Å². The molecule has 4 nitrogen and oxygen atoms in total. The number of aromatic amines is 1. The number of hydrogen-bond acceptors (Lipinski definition) is 2. The molecule has 5 heteroatoms. The highest BCUT2D eigenvalue weighted by atomic mass is 35.5. The van der Waals surface area contributed by atoms with Gasteiger partial charge >= 0.3 is 0 Å². The second-order valence-corrected chi connectivity index (χ2v) is 4.64. The molecule has 0 aliphatic rings. The average molecular weight is 261 g/mol. The molecule has 3 aromatic rings. The Morgan fingerprint density at radius 1 is 1.33 bits per heavy atom. The number of aromatic nitrogens is 4. The Bertz CT molecular complexity index is 711. The first-order valence-electron chi connectivity index (χ1n) is 5.84. The standard InChI is InChI=1S/C13H13ClN4/c1-3-8-5-15-12-10(8)4-9(6-16-12)13-17-7-11(14)18(13)2/h4-7H,3H2,1-2H3,(H,15,16). The van der Waals surface area contributed by atoms with Gasteiger partial charge in [0.1, 0.15) is 16.6 Å². The second kappa shape index (κ2) is 4.14. The summed E-state index contributed by atoms with van der Waals surface area (Å²) >= 11 is 6.01. The van der Waals surface area contributed by atoms with Gasteiger partial charge in [0, 0.05) is 30.4 Å². The normalized spacial score (nSPS) is 11.3. The summed E-state index contributed by atoms with van der Waals surface area (Å²) in [5.41, 5.74) is 3.15. The summed E-state index contributed by atoms with van der Waals surface area (Å²) < 4.78 is 1.85. The van der Waals surface area contributed by atoms with Crippen LogP contribution in [0.4, 0.5) is 0 Å². The molecule has 92 valence electrons. The van der Waals surface area contributed by atoms with E-state index in [4.69, 9.17) is 11.6 Å². The van der Waals surface area contributed by atoms with Crippen molar-refractivity contribution in [3.05, 3.63) is 35.4 Å². The number of aryl methyl sites for hydroxylation is 1. The SMILES string of the molecule is CCc1c[nH]c2ncc(-c3ncc(Cl)n3C)cc12. The molecule has 0 amide bonds. The van der Waals surface area contributed by atoms with Crippen LogP contribution in [-0.4, -0.2) is 19.5 Å². The van der Waals surface area contributed by atoms with Crippen molar-refractivity contribution in [2.24, 2.45) is 7.05 Å². The Morgan fingerprint density at radius 2 is 2.17 bits per heavy atom. The third kappa shape index (κ3) is 1.61. The van der Waals surface area contributed by atoms with Gasteiger partial charge in [-0.05, 0) is 18.1 Å². The van der Waals surface area contributed by atoms with Crippen LogP contribution in [0.5, 0.6) is 0 Å². The van der Waals surface area contributed by atoms with Crippen molar-refractivity contribution >= 4 is 22.6 Å². The van der Waals surface area contributed by atoms with E-state index in [9.17, 15) is 0 Å². The molecule has 0 saturated heterocycles. The van der Waals surface area contributed by atoms with Crippen LogP contribution >= 0.6 is 11.6 Å². The lowest BCUT2D eigenvalue weighted by Gasteiger charge is -2.03. The third-order valence-electron chi connectivity index (χ3n) is 3.19. The average Bonchev–Trinajstić information content (AvgIpc) is 2.94. The smallest absolute Gasteiger partial charge is 0.142 e. The van der Waals surface area contributed by atoms with Gasteiger partial charge in [0.15, 0.2) is 0 Å². The maximum absolute atomic E-state index is 6.01. The van der Waals surface area contributed by atoms with Crippen molar-refractivity contribution in [3.63, 3.8) is 0 Å². The molecule has 0 unspecified atom stereocenters. The number of pyridine rings is 1. The zero-order valence-electron chi connectivity index (χ0n) is 10.2. The molecular formula is C13H13ClN4. The van der Waals surface area contributed by atoms with Crippen molar-refractivity contribution in [1.82, 2.24) is 19.5 Å². The quantitative estimate of drug-likeness (QED) is 0.769. The Labute approximate surface area is 110 Å². The first-order chi connectivity index (χ1) is 8.70. The Hall–Kier alpha value is -1.81. The minimum absolute atomic E-state index is 0.620. The van der Waals surface area contributed by atoms with Crippen molar-refractivity contribution in [1.29, 1.82) is 0 Å². The largest absolute Gasteiger partial charge is 0.346 e. The Morgan fingerprint density at radius 3 is 2.83 bits per heavy atom. The topological polar surface area (TPSA) is 46.5 Å². The van der Waals surface area contributed by atoms with Gasteiger partial charge in [0.2, 0.25) is 0 Å². The molecule has 0 bridgehead atoms. The summed E-state index contributed by atoms with van der Waals surface area (Å²) in [5, 5.41) is 1.77. The fourth-order valence-electron chi connectivity index (χ4n) is 2.13. The highest BCUT2D eigenvalue weighted by Crippen LogP contribution is 2.25. The summed E-state index contributed by atoms with van der Waals surface area (Å²) in [4.78, 5) is 11.9. The van der Waals surface area contributed by atoms with E-state index in [1.807, 2.05) is 24.0 Å². The third-order valence-corrected chi connectivity index (χ3v) is 3.54. The van der Waals surface area contributed by atoms with Crippen LogP contribution < -0.4 is 0 Å². The fourth-order valence-corrected chi connectivity index (χ4v) is 2.26. The van der Waals surface area contributed by atoms with Gasteiger partial charge in [0.05, 0.1) is 6.20 Å². The first kappa shape index (κ1) is 11.3. The van der Waals surface area contributed by atoms with E-state index < -0.39 is 0 Å². The van der Waals surface area contributed by atoms with E-state index in [-0.39, 0.29) is 0 Å². The van der Waals surface area contributed by atoms with Crippen LogP contribution in [-0.2, 0) is 13.5 Å². The number of nitrogens with one attached hydrogen (secondary N) is 1. The van der Waals surface area contributed by atoms with Crippen molar-refractivity contribution < 1.29 is 0 Å². The van der Waals surface area contributed by atoms with E-state index in [1.165, 1.54) is 5.56 Å². The van der Waals surface area contributed by atoms with Crippen molar-refractivity contribution in [2.45, 2.75) is 13.3 Å². The number of hydrogen-bond donors (Lipinski definition) is 1. The predicted octanol–water partition coefficient (Wildman–Crippen LogP) is 3.18. The lowest BCUT2D eigenvalue weighted by Crippen LogP contribution is -1.93. The molecule has 3 aromatic heterocycles. The van der Waals surface area contributed by atoms with E-state index >= 15 is 0 Å². The Balaban J connectivity index is 2.21. The van der Waals surface area contributed by atoms with Crippen LogP contribution in [0.25, 0.3) is 22.4 Å². The zero-order chi connectivity index (χ0) is 12.7. The molecule has 0 saturated carbocycles. The lowest BCUT2D eigenvalue weighted by molar-refractivity contribution is 0.925. The number of halogens is 1. The first-order valence-corrected chi connectivity index (χ1v) is 6.22. The van der Waals surface area contributed by atoms with Crippen LogP contribution in [0.1, 0.15) is 12.5 Å². The minimum Gasteiger partial charge on any atom is -0.346 e. The van der Waals surface area contributed by atoms with Crippen LogP contribution in [0, 0.1) is 0 Å². The van der Waals surface area contributed by atoms with Gasteiger partial charge in [-0.15, -0.1) is 0 Å². The van der Waals surface area contributed by atoms with Crippen LogP contribution in [0.15, 0.2) is 24.7 Å². The van der Waals surface area contributed by atoms with Gasteiger partial charge in [-0.25, -0.2) is 9.97 Å². The van der Waals surface area contributed by atoms with Gasteiger partial charge in [0.25, 0.3) is 0 Å². The number of H-pyrrole nitrogens is 1. The molecule has 0 spiro atoms. The van der Waals surface area contributed by atoms with Gasteiger partial charge in [-0.3, -0.25) is 0 Å². The summed E-state index contributed by atoms with van der Waals surface area (Å²) in [6.07, 6.45) is 6.45. The van der Waals surface area contributed by atoms with Gasteiger partial charge in [-0.2, -0.15) is 0 Å². The van der Waals surface area contributed by atoms with E-state index in [1.54, 1.807) is 6.20 Å². The number of fused-ring (bicyclic) bond motifs is 1. The monoisotopic (exact) mass is 260 g/mol. The van der Waals surface area contributed by atoms with Crippen LogP contribution in [0.3, 0.4) is 0 Å². The minimum atomic E-state index is 0.620. The molecule has 0 fully saturated rings. The molecule has 3 heterocycles. The molecule has 0 atom stereocenters. The van der Waals surface area contributed by atoms with E-state index in [2.05, 4.69) is 27.9 Å². The number of nitrogens with zero attached hydrogens (tertiary/aromatic N) is 3. The molecule has 18 heavy (non-hydrogen) atoms. The predicted molar refractivity (Wildman–Crippen MR) is 72.7 cm³/mol. The van der Waals surface area contributed by atoms with E-state index in [0.717, 1.165) is 28.8 Å². The zero-order valence-corrected chi connectivity index (χ0v) is 11.0. The molecule has 0 aromatic carbocycles. The van der Waals surface area contributed by atoms with E-state index in [0.29, 0.717) is 5.15 Å². The van der Waals surface area contributed by atoms with Gasteiger partial charge < -0.3 is 9.55 Å². The number of imidazole rings is 1. The molecular weight excluding hydrogens is 248 g/mol. The second-order valence-electron chi connectivity index (χ2n) is 4.25. The molecule has 0 aliphatic carbocycles. The van der Waals surface area contributed by atoms with Crippen LogP contribution in [0.2, 0.25) is 5.15 Å². The van der Waals surface area contributed by atoms with Crippen molar-refractivity contribution in [2.75, 3.05) is 0 Å².